The van der Waals surface area contributed by atoms with Gasteiger partial charge in [0.1, 0.15) is 5.75 Å². The third kappa shape index (κ3) is 4.30. The molecule has 0 unspecified atom stereocenters. The van der Waals surface area contributed by atoms with Crippen LogP contribution in [0.15, 0.2) is 46.8 Å². The van der Waals surface area contributed by atoms with Gasteiger partial charge in [-0.2, -0.15) is 0 Å². The Hall–Kier alpha value is -2.65. The number of nitro groups is 1. The van der Waals surface area contributed by atoms with E-state index in [0.717, 1.165) is 21.3 Å². The van der Waals surface area contributed by atoms with E-state index in [4.69, 9.17) is 4.74 Å². The zero-order chi connectivity index (χ0) is 18.5. The minimum Gasteiger partial charge on any atom is -0.497 e. The van der Waals surface area contributed by atoms with Crippen molar-refractivity contribution in [2.45, 2.75) is 17.0 Å². The molecule has 0 saturated carbocycles. The molecule has 0 aliphatic carbocycles. The molecular formula is C17H16N4O3S2. The summed E-state index contributed by atoms with van der Waals surface area (Å²) in [5, 5.41) is 23.2. The molecule has 2 aromatic carbocycles. The molecular weight excluding hydrogens is 372 g/mol. The Morgan fingerprint density at radius 1 is 1.27 bits per heavy atom. The van der Waals surface area contributed by atoms with Crippen LogP contribution in [0.4, 0.5) is 16.5 Å². The highest BCUT2D eigenvalue weighted by Gasteiger charge is 2.14. The second kappa shape index (κ2) is 8.15. The van der Waals surface area contributed by atoms with Gasteiger partial charge in [0.05, 0.1) is 12.0 Å². The fourth-order valence-electron chi connectivity index (χ4n) is 2.31. The van der Waals surface area contributed by atoms with Crippen LogP contribution in [-0.4, -0.2) is 22.2 Å². The van der Waals surface area contributed by atoms with Crippen molar-refractivity contribution in [3.8, 4) is 5.75 Å². The van der Waals surface area contributed by atoms with E-state index in [9.17, 15) is 10.1 Å². The molecule has 0 saturated heterocycles. The number of benzene rings is 2. The zero-order valence-electron chi connectivity index (χ0n) is 14.1. The summed E-state index contributed by atoms with van der Waals surface area (Å²) in [5.74, 6) is 1.36. The monoisotopic (exact) mass is 388 g/mol. The molecule has 3 aromatic rings. The maximum atomic E-state index is 11.0. The summed E-state index contributed by atoms with van der Waals surface area (Å²) in [6, 6.07) is 12.7. The molecule has 0 spiro atoms. The Kier molecular flexibility index (Phi) is 5.69. The van der Waals surface area contributed by atoms with Crippen molar-refractivity contribution in [3.63, 3.8) is 0 Å². The number of nitrogens with zero attached hydrogens (tertiary/aromatic N) is 3. The molecule has 3 rings (SSSR count). The fourth-order valence-corrected chi connectivity index (χ4v) is 4.14. The molecule has 0 aliphatic rings. The van der Waals surface area contributed by atoms with E-state index >= 15 is 0 Å². The number of nitro benzene ring substituents is 1. The maximum absolute atomic E-state index is 11.0. The van der Waals surface area contributed by atoms with Crippen molar-refractivity contribution >= 4 is 39.6 Å². The molecule has 0 aliphatic heterocycles. The van der Waals surface area contributed by atoms with Gasteiger partial charge < -0.3 is 10.1 Å². The summed E-state index contributed by atoms with van der Waals surface area (Å²) in [6.07, 6.45) is 0. The average molecular weight is 388 g/mol. The molecule has 0 fully saturated rings. The van der Waals surface area contributed by atoms with Crippen LogP contribution in [0.1, 0.15) is 11.1 Å². The first kappa shape index (κ1) is 18.2. The summed E-state index contributed by atoms with van der Waals surface area (Å²) in [4.78, 5) is 10.7. The first-order chi connectivity index (χ1) is 12.6. The highest BCUT2D eigenvalue weighted by Crippen LogP contribution is 2.32. The molecule has 1 heterocycles. The maximum Gasteiger partial charge on any atom is 0.272 e. The lowest BCUT2D eigenvalue weighted by atomic mass is 10.1. The summed E-state index contributed by atoms with van der Waals surface area (Å²) in [5.41, 5.74) is 2.61. The number of thioether (sulfide) groups is 1. The Labute approximate surface area is 158 Å². The van der Waals surface area contributed by atoms with E-state index in [0.29, 0.717) is 16.4 Å². The third-order valence-corrected chi connectivity index (χ3v) is 5.71. The topological polar surface area (TPSA) is 90.2 Å². The van der Waals surface area contributed by atoms with Gasteiger partial charge >= 0.3 is 0 Å². The lowest BCUT2D eigenvalue weighted by Gasteiger charge is -2.04. The number of anilines is 2. The minimum absolute atomic E-state index is 0.140. The molecule has 0 radical (unpaired) electrons. The number of hydrogen-bond acceptors (Lipinski definition) is 8. The number of hydrogen-bond donors (Lipinski definition) is 1. The van der Waals surface area contributed by atoms with Gasteiger partial charge in [0.2, 0.25) is 5.13 Å². The van der Waals surface area contributed by atoms with Crippen molar-refractivity contribution in [3.05, 3.63) is 63.7 Å². The Balaban J connectivity index is 1.66. The van der Waals surface area contributed by atoms with Gasteiger partial charge in [-0.1, -0.05) is 41.3 Å². The lowest BCUT2D eigenvalue weighted by molar-refractivity contribution is -0.385. The minimum atomic E-state index is -0.357. The van der Waals surface area contributed by atoms with Crippen molar-refractivity contribution < 1.29 is 9.66 Å². The zero-order valence-corrected chi connectivity index (χ0v) is 15.8. The van der Waals surface area contributed by atoms with Crippen molar-refractivity contribution in [1.82, 2.24) is 10.2 Å². The summed E-state index contributed by atoms with van der Waals surface area (Å²) in [7, 11) is 1.62. The van der Waals surface area contributed by atoms with Gasteiger partial charge in [-0.25, -0.2) is 0 Å². The van der Waals surface area contributed by atoms with E-state index in [1.807, 2.05) is 30.3 Å². The number of aromatic nitrogens is 2. The van der Waals surface area contributed by atoms with Gasteiger partial charge in [-0.3, -0.25) is 10.1 Å². The number of ether oxygens (including phenoxy) is 1. The average Bonchev–Trinajstić information content (AvgIpc) is 3.08. The number of nitrogens with one attached hydrogen (secondary N) is 1. The van der Waals surface area contributed by atoms with Crippen LogP contribution in [0.25, 0.3) is 0 Å². The largest absolute Gasteiger partial charge is 0.497 e. The number of methoxy groups -OCH3 is 1. The summed E-state index contributed by atoms with van der Waals surface area (Å²) in [6.45, 7) is 1.77. The van der Waals surface area contributed by atoms with E-state index in [2.05, 4.69) is 15.5 Å². The summed E-state index contributed by atoms with van der Waals surface area (Å²) >= 11 is 2.94. The van der Waals surface area contributed by atoms with Gasteiger partial charge in [0, 0.05) is 29.1 Å². The predicted molar refractivity (Wildman–Crippen MR) is 104 cm³/mol. The van der Waals surface area contributed by atoms with Crippen molar-refractivity contribution in [2.75, 3.05) is 12.4 Å². The van der Waals surface area contributed by atoms with Gasteiger partial charge in [-0.15, -0.1) is 10.2 Å². The molecule has 0 amide bonds. The summed E-state index contributed by atoms with van der Waals surface area (Å²) < 4.78 is 5.99. The molecule has 7 nitrogen and oxygen atoms in total. The van der Waals surface area contributed by atoms with Crippen LogP contribution in [-0.2, 0) is 5.75 Å². The van der Waals surface area contributed by atoms with Gasteiger partial charge in [-0.05, 0) is 24.6 Å². The number of rotatable bonds is 7. The van der Waals surface area contributed by atoms with E-state index in [1.165, 1.54) is 29.2 Å². The second-order valence-corrected chi connectivity index (χ2v) is 7.54. The van der Waals surface area contributed by atoms with E-state index in [1.54, 1.807) is 20.1 Å². The second-order valence-electron chi connectivity index (χ2n) is 5.34. The first-order valence-electron chi connectivity index (χ1n) is 7.67. The molecule has 134 valence electrons. The van der Waals surface area contributed by atoms with Crippen LogP contribution in [0.5, 0.6) is 5.75 Å². The molecule has 0 atom stereocenters. The van der Waals surface area contributed by atoms with Gasteiger partial charge in [0.15, 0.2) is 4.34 Å². The normalized spacial score (nSPS) is 10.5. The predicted octanol–water partition coefficient (Wildman–Crippen LogP) is 4.80. The Bertz CT molecular complexity index is 930. The Morgan fingerprint density at radius 3 is 2.85 bits per heavy atom. The van der Waals surface area contributed by atoms with Crippen LogP contribution in [0.3, 0.4) is 0 Å². The first-order valence-corrected chi connectivity index (χ1v) is 9.47. The van der Waals surface area contributed by atoms with Crippen LogP contribution >= 0.6 is 23.1 Å². The standard InChI is InChI=1S/C17H16N4O3S2/c1-11-12(5-3-8-15(11)21(22)23)10-25-17-20-19-16(26-17)18-13-6-4-7-14(9-13)24-2/h3-9H,10H2,1-2H3,(H,18,19). The Morgan fingerprint density at radius 2 is 2.08 bits per heavy atom. The van der Waals surface area contributed by atoms with Crippen molar-refractivity contribution in [2.24, 2.45) is 0 Å². The van der Waals surface area contributed by atoms with Crippen LogP contribution in [0, 0.1) is 17.0 Å². The van der Waals surface area contributed by atoms with Crippen LogP contribution < -0.4 is 10.1 Å². The van der Waals surface area contributed by atoms with Crippen LogP contribution in [0.2, 0.25) is 0 Å². The quantitative estimate of drug-likeness (QED) is 0.353. The molecule has 1 aromatic heterocycles. The molecule has 1 N–H and O–H groups in total. The SMILES string of the molecule is COc1cccc(Nc2nnc(SCc3cccc([N+](=O)[O-])c3C)s2)c1. The smallest absolute Gasteiger partial charge is 0.272 e. The van der Waals surface area contributed by atoms with E-state index < -0.39 is 0 Å². The third-order valence-electron chi connectivity index (χ3n) is 3.69. The molecule has 26 heavy (non-hydrogen) atoms. The lowest BCUT2D eigenvalue weighted by Crippen LogP contribution is -1.95. The fraction of sp³-hybridized carbons (Fsp3) is 0.176. The van der Waals surface area contributed by atoms with Gasteiger partial charge in [0.25, 0.3) is 5.69 Å². The van der Waals surface area contributed by atoms with Crippen molar-refractivity contribution in [1.29, 1.82) is 0 Å². The molecule has 0 bridgehead atoms. The van der Waals surface area contributed by atoms with E-state index in [-0.39, 0.29) is 10.6 Å². The molecule has 9 heteroatoms. The highest BCUT2D eigenvalue weighted by atomic mass is 32.2. The highest BCUT2D eigenvalue weighted by molar-refractivity contribution is 8.00.